The van der Waals surface area contributed by atoms with Gasteiger partial charge in [-0.15, -0.1) is 0 Å². The van der Waals surface area contributed by atoms with Gasteiger partial charge in [-0.25, -0.2) is 18.7 Å². The van der Waals surface area contributed by atoms with Gasteiger partial charge in [0.05, 0.1) is 12.7 Å². The van der Waals surface area contributed by atoms with E-state index in [1.807, 2.05) is 4.90 Å². The van der Waals surface area contributed by atoms with Crippen LogP contribution in [0.25, 0.3) is 0 Å². The van der Waals surface area contributed by atoms with Gasteiger partial charge in [-0.1, -0.05) is 0 Å². The van der Waals surface area contributed by atoms with Crippen LogP contribution in [0.3, 0.4) is 0 Å². The zero-order valence-electron chi connectivity index (χ0n) is 20.5. The minimum atomic E-state index is -2.61. The zero-order valence-corrected chi connectivity index (χ0v) is 20.5. The van der Waals surface area contributed by atoms with Gasteiger partial charge in [-0.05, 0) is 19.9 Å². The van der Waals surface area contributed by atoms with Gasteiger partial charge in [0.1, 0.15) is 5.82 Å². The second-order valence-corrected chi connectivity index (χ2v) is 10.7. The summed E-state index contributed by atoms with van der Waals surface area (Å²) in [6.45, 7) is 6.52. The van der Waals surface area contributed by atoms with Gasteiger partial charge in [-0.2, -0.15) is 9.49 Å². The summed E-state index contributed by atoms with van der Waals surface area (Å²) in [7, 11) is 2.13. The highest BCUT2D eigenvalue weighted by Crippen LogP contribution is 2.48. The molecule has 4 heterocycles. The van der Waals surface area contributed by atoms with Crippen molar-refractivity contribution >= 4 is 17.5 Å². The number of morpholine rings is 1. The van der Waals surface area contributed by atoms with E-state index in [0.717, 1.165) is 45.6 Å². The summed E-state index contributed by atoms with van der Waals surface area (Å²) >= 11 is 0. The Bertz CT molecular complexity index is 1080. The van der Waals surface area contributed by atoms with Crippen LogP contribution in [0.5, 0.6) is 0 Å². The van der Waals surface area contributed by atoms with Gasteiger partial charge >= 0.3 is 0 Å². The average molecular weight is 507 g/mol. The van der Waals surface area contributed by atoms with Crippen LogP contribution in [0.4, 0.5) is 30.6 Å². The molecule has 36 heavy (non-hydrogen) atoms. The first-order valence-corrected chi connectivity index (χ1v) is 12.9. The molecule has 196 valence electrons. The maximum Gasteiger partial charge on any atom is 0.249 e. The van der Waals surface area contributed by atoms with E-state index in [1.165, 1.54) is 0 Å². The predicted molar refractivity (Wildman–Crippen MR) is 129 cm³/mol. The third kappa shape index (κ3) is 5.16. The Morgan fingerprint density at radius 2 is 1.89 bits per heavy atom. The number of aromatic nitrogens is 4. The van der Waals surface area contributed by atoms with Crippen LogP contribution in [0.15, 0.2) is 6.07 Å². The highest BCUT2D eigenvalue weighted by molar-refractivity contribution is 5.59. The molecule has 0 amide bonds. The molecule has 1 unspecified atom stereocenters. The molecule has 0 bridgehead atoms. The Balaban J connectivity index is 1.18. The Labute approximate surface area is 208 Å². The summed E-state index contributed by atoms with van der Waals surface area (Å²) in [5.41, 5.74) is 0.625. The number of hydrogen-bond donors (Lipinski definition) is 2. The molecule has 4 fully saturated rings. The molecule has 2 saturated heterocycles. The normalized spacial score (nSPS) is 25.7. The monoisotopic (exact) mass is 506 g/mol. The van der Waals surface area contributed by atoms with Crippen LogP contribution in [-0.4, -0.2) is 101 Å². The van der Waals surface area contributed by atoms with Crippen molar-refractivity contribution in [1.82, 2.24) is 30.0 Å². The number of hydrogen-bond acceptors (Lipinski definition) is 8. The number of ether oxygens (including phenoxy) is 1. The first-order chi connectivity index (χ1) is 17.3. The van der Waals surface area contributed by atoms with Gasteiger partial charge in [0.2, 0.25) is 11.7 Å². The van der Waals surface area contributed by atoms with E-state index in [-0.39, 0.29) is 42.4 Å². The molecule has 2 aliphatic heterocycles. The lowest BCUT2D eigenvalue weighted by molar-refractivity contribution is -0.0876. The van der Waals surface area contributed by atoms with Crippen LogP contribution in [0.1, 0.15) is 49.0 Å². The zero-order chi connectivity index (χ0) is 24.9. The molecule has 0 spiro atoms. The number of rotatable bonds is 7. The molecule has 6 rings (SSSR count). The van der Waals surface area contributed by atoms with Gasteiger partial charge in [-0.3, -0.25) is 10.00 Å². The number of anilines is 3. The van der Waals surface area contributed by atoms with E-state index >= 15 is 4.39 Å². The summed E-state index contributed by atoms with van der Waals surface area (Å²) in [5, 5.41) is 9.95. The van der Waals surface area contributed by atoms with E-state index in [2.05, 4.69) is 42.3 Å². The van der Waals surface area contributed by atoms with Crippen molar-refractivity contribution < 1.29 is 17.9 Å². The molecule has 0 aromatic carbocycles. The van der Waals surface area contributed by atoms with Gasteiger partial charge < -0.3 is 19.9 Å². The maximum absolute atomic E-state index is 15.8. The Morgan fingerprint density at radius 3 is 2.61 bits per heavy atom. The highest BCUT2D eigenvalue weighted by atomic mass is 19.3. The van der Waals surface area contributed by atoms with Crippen molar-refractivity contribution in [3.8, 4) is 0 Å². The third-order valence-corrected chi connectivity index (χ3v) is 7.66. The first kappa shape index (κ1) is 23.9. The summed E-state index contributed by atoms with van der Waals surface area (Å²) in [6.07, 6.45) is 1.56. The van der Waals surface area contributed by atoms with E-state index in [4.69, 9.17) is 4.74 Å². The third-order valence-electron chi connectivity index (χ3n) is 7.66. The second kappa shape index (κ2) is 9.46. The lowest BCUT2D eigenvalue weighted by Crippen LogP contribution is -2.52. The lowest BCUT2D eigenvalue weighted by atomic mass is 9.79. The number of halogens is 3. The van der Waals surface area contributed by atoms with Crippen molar-refractivity contribution in [2.75, 3.05) is 69.7 Å². The minimum Gasteiger partial charge on any atom is -0.373 e. The van der Waals surface area contributed by atoms with Crippen LogP contribution in [-0.2, 0) is 4.74 Å². The summed E-state index contributed by atoms with van der Waals surface area (Å²) < 4.78 is 48.3. The van der Waals surface area contributed by atoms with E-state index in [1.54, 1.807) is 6.07 Å². The summed E-state index contributed by atoms with van der Waals surface area (Å²) in [4.78, 5) is 15.8. The average Bonchev–Trinajstić information content (AvgIpc) is 3.59. The molecule has 0 radical (unpaired) electrons. The standard InChI is InChI=1S/C24H33F3N8O/c1-33-4-6-34(7-5-33)13-17-14-35(8-9-36-17)23-20(25)22(29-21(30-23)15-2-3-15)28-19-10-18(31-32-19)16-11-24(26,27)12-16/h10,15-17H,2-9,11-14H2,1H3,(H2,28,29,30,31,32). The van der Waals surface area contributed by atoms with Crippen molar-refractivity contribution in [1.29, 1.82) is 0 Å². The van der Waals surface area contributed by atoms with Crippen molar-refractivity contribution in [2.24, 2.45) is 0 Å². The van der Waals surface area contributed by atoms with Crippen LogP contribution < -0.4 is 10.2 Å². The molecule has 12 heteroatoms. The fraction of sp³-hybridized carbons (Fsp3) is 0.708. The van der Waals surface area contributed by atoms with Crippen molar-refractivity contribution in [3.05, 3.63) is 23.4 Å². The Kier molecular flexibility index (Phi) is 6.29. The number of likely N-dealkylation sites (N-methyl/N-ethyl adjacent to an activating group) is 1. The fourth-order valence-electron chi connectivity index (χ4n) is 5.22. The van der Waals surface area contributed by atoms with Gasteiger partial charge in [0.25, 0.3) is 0 Å². The molecule has 2 aromatic heterocycles. The topological polar surface area (TPSA) is 85.4 Å². The first-order valence-electron chi connectivity index (χ1n) is 12.9. The molecule has 2 saturated carbocycles. The molecule has 4 aliphatic rings. The van der Waals surface area contributed by atoms with Crippen molar-refractivity contribution in [2.45, 2.75) is 49.5 Å². The number of H-pyrrole nitrogens is 1. The fourth-order valence-corrected chi connectivity index (χ4v) is 5.22. The summed E-state index contributed by atoms with van der Waals surface area (Å²) in [6, 6.07) is 1.67. The number of alkyl halides is 2. The van der Waals surface area contributed by atoms with E-state index < -0.39 is 11.7 Å². The SMILES string of the molecule is CN1CCN(CC2CN(c3nc(C4CC4)nc(Nc4cc(C5CC(F)(F)C5)[nH]n4)c3F)CCO2)CC1. The lowest BCUT2D eigenvalue weighted by Gasteiger charge is -2.39. The van der Waals surface area contributed by atoms with Gasteiger partial charge in [0, 0.05) is 82.3 Å². The smallest absolute Gasteiger partial charge is 0.249 e. The number of aromatic amines is 1. The summed E-state index contributed by atoms with van der Waals surface area (Å²) in [5.74, 6) is -1.82. The maximum atomic E-state index is 15.8. The molecular formula is C24H33F3N8O. The quantitative estimate of drug-likeness (QED) is 0.593. The van der Waals surface area contributed by atoms with E-state index in [9.17, 15) is 8.78 Å². The van der Waals surface area contributed by atoms with Crippen molar-refractivity contribution in [3.63, 3.8) is 0 Å². The molecule has 2 aliphatic carbocycles. The number of piperazine rings is 1. The van der Waals surface area contributed by atoms with Crippen LogP contribution >= 0.6 is 0 Å². The largest absolute Gasteiger partial charge is 0.373 e. The number of nitrogens with zero attached hydrogens (tertiary/aromatic N) is 6. The van der Waals surface area contributed by atoms with Crippen LogP contribution in [0.2, 0.25) is 0 Å². The Morgan fingerprint density at radius 1 is 1.11 bits per heavy atom. The molecular weight excluding hydrogens is 473 g/mol. The van der Waals surface area contributed by atoms with E-state index in [0.29, 0.717) is 37.0 Å². The minimum absolute atomic E-state index is 0.0215. The highest BCUT2D eigenvalue weighted by Gasteiger charge is 2.46. The molecule has 2 aromatic rings. The predicted octanol–water partition coefficient (Wildman–Crippen LogP) is 2.93. The second-order valence-electron chi connectivity index (χ2n) is 10.7. The van der Waals surface area contributed by atoms with Gasteiger partial charge in [0.15, 0.2) is 17.5 Å². The molecule has 1 atom stereocenters. The van der Waals surface area contributed by atoms with Crippen LogP contribution in [0, 0.1) is 5.82 Å². The molecule has 2 N–H and O–H groups in total. The molecule has 9 nitrogen and oxygen atoms in total. The Hall–Kier alpha value is -2.44. The number of nitrogens with one attached hydrogen (secondary N) is 2.